The number of rotatable bonds is 15. The first-order valence-electron chi connectivity index (χ1n) is 15.3. The van der Waals surface area contributed by atoms with Gasteiger partial charge in [-0.1, -0.05) is 96.7 Å². The Kier molecular flexibility index (Phi) is 12.7. The Balaban J connectivity index is 1.82. The summed E-state index contributed by atoms with van der Waals surface area (Å²) in [6.45, 7) is 3.74. The maximum absolute atomic E-state index is 14.6. The minimum absolute atomic E-state index is 0.000498. The van der Waals surface area contributed by atoms with Gasteiger partial charge in [-0.15, -0.1) is 0 Å². The molecule has 4 aromatic carbocycles. The van der Waals surface area contributed by atoms with E-state index >= 15 is 0 Å². The van der Waals surface area contributed by atoms with Gasteiger partial charge in [-0.3, -0.25) is 13.9 Å². The third-order valence-electron chi connectivity index (χ3n) is 7.67. The number of unbranched alkanes of at least 4 members (excludes halogenated alkanes) is 1. The van der Waals surface area contributed by atoms with Gasteiger partial charge in [0.15, 0.2) is 0 Å². The number of hydrogen-bond acceptors (Lipinski definition) is 5. The number of carbonyl (C=O) groups is 2. The average molecular weight is 697 g/mol. The topological polar surface area (TPSA) is 96.0 Å². The molecule has 1 atom stereocenters. The zero-order chi connectivity index (χ0) is 34.0. The van der Waals surface area contributed by atoms with Gasteiger partial charge in [-0.25, -0.2) is 8.42 Å². The van der Waals surface area contributed by atoms with E-state index in [-0.39, 0.29) is 39.5 Å². The molecule has 0 aliphatic carbocycles. The fourth-order valence-corrected chi connectivity index (χ4v) is 6.73. The summed E-state index contributed by atoms with van der Waals surface area (Å²) >= 11 is 12.5. The van der Waals surface area contributed by atoms with E-state index in [0.717, 1.165) is 28.3 Å². The van der Waals surface area contributed by atoms with Gasteiger partial charge in [0.2, 0.25) is 11.8 Å². The quantitative estimate of drug-likeness (QED) is 0.134. The molecule has 47 heavy (non-hydrogen) atoms. The van der Waals surface area contributed by atoms with E-state index in [1.807, 2.05) is 50.2 Å². The lowest BCUT2D eigenvalue weighted by atomic mass is 10.0. The van der Waals surface area contributed by atoms with Gasteiger partial charge < -0.3 is 15.0 Å². The van der Waals surface area contributed by atoms with Crippen molar-refractivity contribution in [2.75, 3.05) is 24.5 Å². The first-order valence-corrected chi connectivity index (χ1v) is 17.5. The van der Waals surface area contributed by atoms with Crippen LogP contribution < -0.4 is 14.4 Å². The van der Waals surface area contributed by atoms with Crippen molar-refractivity contribution in [3.8, 4) is 5.75 Å². The lowest BCUT2D eigenvalue weighted by molar-refractivity contribution is -0.140. The van der Waals surface area contributed by atoms with Crippen LogP contribution in [0.2, 0.25) is 10.0 Å². The normalized spacial score (nSPS) is 11.9. The van der Waals surface area contributed by atoms with Gasteiger partial charge in [-0.2, -0.15) is 0 Å². The highest BCUT2D eigenvalue weighted by molar-refractivity contribution is 7.92. The summed E-state index contributed by atoms with van der Waals surface area (Å²) in [6.07, 6.45) is 1.87. The monoisotopic (exact) mass is 695 g/mol. The number of hydrogen-bond donors (Lipinski definition) is 1. The zero-order valence-corrected chi connectivity index (χ0v) is 29.0. The van der Waals surface area contributed by atoms with Gasteiger partial charge >= 0.3 is 0 Å². The van der Waals surface area contributed by atoms with Crippen molar-refractivity contribution >= 4 is 50.7 Å². The SMILES string of the molecule is CCCCNC(=O)C(Cc1ccccc1)N(Cc1cccc(OC)c1)C(=O)CN(c1ccc(Cl)c(Cl)c1)S(=O)(=O)c1ccc(C)cc1. The van der Waals surface area contributed by atoms with E-state index < -0.39 is 28.5 Å². The van der Waals surface area contributed by atoms with Crippen molar-refractivity contribution in [1.82, 2.24) is 10.2 Å². The molecule has 0 aliphatic rings. The molecule has 0 spiro atoms. The molecule has 0 saturated heterocycles. The summed E-state index contributed by atoms with van der Waals surface area (Å²) in [5.74, 6) is -0.330. The number of aryl methyl sites for hydroxylation is 1. The number of benzene rings is 4. The van der Waals surface area contributed by atoms with Gasteiger partial charge in [0.05, 0.1) is 27.7 Å². The Hall–Kier alpha value is -4.05. The van der Waals surface area contributed by atoms with Gasteiger partial charge in [-0.05, 0) is 66.9 Å². The van der Waals surface area contributed by atoms with Crippen molar-refractivity contribution in [1.29, 1.82) is 0 Å². The van der Waals surface area contributed by atoms with Gasteiger partial charge in [0.25, 0.3) is 10.0 Å². The molecule has 0 radical (unpaired) electrons. The second-order valence-electron chi connectivity index (χ2n) is 11.1. The van der Waals surface area contributed by atoms with Crippen LogP contribution >= 0.6 is 23.2 Å². The Bertz CT molecular complexity index is 1770. The summed E-state index contributed by atoms with van der Waals surface area (Å²) in [5, 5.41) is 3.35. The van der Waals surface area contributed by atoms with Gasteiger partial charge in [0, 0.05) is 19.5 Å². The minimum atomic E-state index is -4.27. The fourth-order valence-electron chi connectivity index (χ4n) is 5.03. The number of methoxy groups -OCH3 is 1. The zero-order valence-electron chi connectivity index (χ0n) is 26.7. The molecule has 248 valence electrons. The molecular weight excluding hydrogens is 657 g/mol. The van der Waals surface area contributed by atoms with Crippen LogP contribution in [0.4, 0.5) is 5.69 Å². The number of sulfonamides is 1. The molecule has 4 rings (SSSR count). The molecule has 0 fully saturated rings. The molecular formula is C36H39Cl2N3O5S. The van der Waals surface area contributed by atoms with Crippen LogP contribution in [-0.2, 0) is 32.6 Å². The Morgan fingerprint density at radius 3 is 2.23 bits per heavy atom. The van der Waals surface area contributed by atoms with Crippen LogP contribution in [-0.4, -0.2) is 51.4 Å². The number of nitrogens with zero attached hydrogens (tertiary/aromatic N) is 2. The molecule has 2 amide bonds. The largest absolute Gasteiger partial charge is 0.497 e. The molecule has 11 heteroatoms. The predicted molar refractivity (Wildman–Crippen MR) is 188 cm³/mol. The predicted octanol–water partition coefficient (Wildman–Crippen LogP) is 7.06. The van der Waals surface area contributed by atoms with E-state index in [1.54, 1.807) is 37.4 Å². The highest BCUT2D eigenvalue weighted by Crippen LogP contribution is 2.31. The second kappa shape index (κ2) is 16.7. The average Bonchev–Trinajstić information content (AvgIpc) is 3.07. The van der Waals surface area contributed by atoms with Crippen LogP contribution in [0, 0.1) is 6.92 Å². The molecule has 0 heterocycles. The standard InChI is InChI=1S/C36H39Cl2N3O5S/c1-4-5-20-39-36(43)34(22-27-10-7-6-8-11-27)40(24-28-12-9-13-30(21-28)46-3)35(42)25-41(29-16-19-32(37)33(38)23-29)47(44,45)31-17-14-26(2)15-18-31/h6-19,21,23,34H,4-5,20,22,24-25H2,1-3H3,(H,39,43). The van der Waals surface area contributed by atoms with Crippen LogP contribution in [0.3, 0.4) is 0 Å². The Labute approximate surface area is 287 Å². The smallest absolute Gasteiger partial charge is 0.264 e. The maximum atomic E-state index is 14.6. The van der Waals surface area contributed by atoms with Crippen LogP contribution in [0.25, 0.3) is 0 Å². The number of anilines is 1. The minimum Gasteiger partial charge on any atom is -0.497 e. The lowest BCUT2D eigenvalue weighted by Gasteiger charge is -2.34. The summed E-state index contributed by atoms with van der Waals surface area (Å²) in [4.78, 5) is 29.9. The number of ether oxygens (including phenoxy) is 1. The Morgan fingerprint density at radius 2 is 1.57 bits per heavy atom. The summed E-state index contributed by atoms with van der Waals surface area (Å²) < 4.78 is 34.8. The van der Waals surface area contributed by atoms with Crippen molar-refractivity contribution in [3.63, 3.8) is 0 Å². The summed E-state index contributed by atoms with van der Waals surface area (Å²) in [6, 6.07) is 26.4. The van der Waals surface area contributed by atoms with Crippen LogP contribution in [0.5, 0.6) is 5.75 Å². The van der Waals surface area contributed by atoms with E-state index in [2.05, 4.69) is 5.32 Å². The number of nitrogens with one attached hydrogen (secondary N) is 1. The van der Waals surface area contributed by atoms with E-state index in [9.17, 15) is 18.0 Å². The van der Waals surface area contributed by atoms with Crippen molar-refractivity contribution in [3.05, 3.63) is 124 Å². The second-order valence-corrected chi connectivity index (χ2v) is 13.8. The van der Waals surface area contributed by atoms with Crippen molar-refractivity contribution in [2.24, 2.45) is 0 Å². The molecule has 1 N–H and O–H groups in total. The molecule has 1 unspecified atom stereocenters. The van der Waals surface area contributed by atoms with E-state index in [0.29, 0.717) is 17.9 Å². The molecule has 0 aliphatic heterocycles. The first kappa shape index (κ1) is 35.8. The third-order valence-corrected chi connectivity index (χ3v) is 10.2. The number of halogens is 2. The van der Waals surface area contributed by atoms with E-state index in [1.165, 1.54) is 35.2 Å². The van der Waals surface area contributed by atoms with Crippen molar-refractivity contribution in [2.45, 2.75) is 50.6 Å². The number of carbonyl (C=O) groups excluding carboxylic acids is 2. The fraction of sp³-hybridized carbons (Fsp3) is 0.278. The maximum Gasteiger partial charge on any atom is 0.264 e. The number of amides is 2. The summed E-state index contributed by atoms with van der Waals surface area (Å²) in [5.41, 5.74) is 2.59. The first-order chi connectivity index (χ1) is 22.5. The van der Waals surface area contributed by atoms with E-state index in [4.69, 9.17) is 27.9 Å². The highest BCUT2D eigenvalue weighted by atomic mass is 35.5. The molecule has 0 bridgehead atoms. The van der Waals surface area contributed by atoms with Gasteiger partial charge in [0.1, 0.15) is 18.3 Å². The molecule has 8 nitrogen and oxygen atoms in total. The summed E-state index contributed by atoms with van der Waals surface area (Å²) in [7, 11) is -2.72. The van der Waals surface area contributed by atoms with Crippen LogP contribution in [0.15, 0.2) is 102 Å². The van der Waals surface area contributed by atoms with Crippen molar-refractivity contribution < 1.29 is 22.7 Å². The molecule has 0 saturated carbocycles. The molecule has 0 aromatic heterocycles. The molecule has 4 aromatic rings. The third kappa shape index (κ3) is 9.50. The highest BCUT2D eigenvalue weighted by Gasteiger charge is 2.34. The lowest BCUT2D eigenvalue weighted by Crippen LogP contribution is -2.53. The van der Waals surface area contributed by atoms with Crippen LogP contribution in [0.1, 0.15) is 36.5 Å². The Morgan fingerprint density at radius 1 is 0.872 bits per heavy atom.